The van der Waals surface area contributed by atoms with E-state index in [1.54, 1.807) is 29.0 Å². The van der Waals surface area contributed by atoms with Crippen LogP contribution >= 0.6 is 0 Å². The van der Waals surface area contributed by atoms with Gasteiger partial charge in [-0.15, -0.1) is 0 Å². The number of ether oxygens (including phenoxy) is 2. The van der Waals surface area contributed by atoms with E-state index in [0.717, 1.165) is 28.4 Å². The Kier molecular flexibility index (Phi) is 9.53. The van der Waals surface area contributed by atoms with E-state index in [0.29, 0.717) is 24.9 Å². The third kappa shape index (κ3) is 8.21. The number of amides is 1. The van der Waals surface area contributed by atoms with Gasteiger partial charge >= 0.3 is 18.2 Å². The number of carbonyl (C=O) groups excluding carboxylic acids is 2. The second kappa shape index (κ2) is 13.1. The number of esters is 1. The van der Waals surface area contributed by atoms with Crippen LogP contribution in [0.3, 0.4) is 0 Å². The van der Waals surface area contributed by atoms with Gasteiger partial charge in [0, 0.05) is 24.3 Å². The molecule has 0 unspecified atom stereocenters. The number of nitrogens with zero attached hydrogens (tertiary/aromatic N) is 5. The molecule has 0 saturated carbocycles. The van der Waals surface area contributed by atoms with Gasteiger partial charge in [0.25, 0.3) is 16.8 Å². The Morgan fingerprint density at radius 1 is 1.09 bits per heavy atom. The molecule has 4 rings (SSSR count). The van der Waals surface area contributed by atoms with E-state index < -0.39 is 46.8 Å². The molecule has 1 N–H and O–H groups in total. The summed E-state index contributed by atoms with van der Waals surface area (Å²) in [6.45, 7) is 2.90. The highest BCUT2D eigenvalue weighted by atomic mass is 32.2. The molecule has 1 atom stereocenters. The van der Waals surface area contributed by atoms with Gasteiger partial charge < -0.3 is 14.3 Å². The van der Waals surface area contributed by atoms with E-state index in [-0.39, 0.29) is 22.9 Å². The molecular weight excluding hydrogens is 597 g/mol. The van der Waals surface area contributed by atoms with Crippen molar-refractivity contribution in [3.8, 4) is 16.9 Å². The van der Waals surface area contributed by atoms with Crippen LogP contribution in [0.4, 0.5) is 18.0 Å². The smallest absolute Gasteiger partial charge is 0.435 e. The third-order valence-corrected chi connectivity index (χ3v) is 7.56. The summed E-state index contributed by atoms with van der Waals surface area (Å²) in [4.78, 5) is 27.4. The summed E-state index contributed by atoms with van der Waals surface area (Å²) in [5.74, 6) is -0.552. The number of aryl methyl sites for hydroxylation is 1. The summed E-state index contributed by atoms with van der Waals surface area (Å²) in [6.07, 6.45) is -4.65. The van der Waals surface area contributed by atoms with Crippen molar-refractivity contribution in [1.82, 2.24) is 19.5 Å². The van der Waals surface area contributed by atoms with Gasteiger partial charge in [-0.05, 0) is 55.3 Å². The lowest BCUT2D eigenvalue weighted by atomic mass is 10.1. The fourth-order valence-electron chi connectivity index (χ4n) is 4.10. The fraction of sp³-hybridized carbons (Fsp3) is 0.346. The number of rotatable bonds is 10. The molecule has 1 fully saturated rings. The lowest BCUT2D eigenvalue weighted by Crippen LogP contribution is -2.35. The van der Waals surface area contributed by atoms with Crippen molar-refractivity contribution in [1.29, 1.82) is 0 Å². The average molecular weight is 625 g/mol. The van der Waals surface area contributed by atoms with E-state index in [9.17, 15) is 31.2 Å². The highest BCUT2D eigenvalue weighted by Crippen LogP contribution is 2.33. The van der Waals surface area contributed by atoms with Gasteiger partial charge in [0.1, 0.15) is 6.61 Å². The Morgan fingerprint density at radius 3 is 2.44 bits per heavy atom. The summed E-state index contributed by atoms with van der Waals surface area (Å²) in [6, 6.07) is 12.1. The molecule has 1 saturated heterocycles. The predicted octanol–water partition coefficient (Wildman–Crippen LogP) is 4.57. The zero-order valence-corrected chi connectivity index (χ0v) is 23.8. The van der Waals surface area contributed by atoms with Gasteiger partial charge in [0.05, 0.1) is 22.3 Å². The quantitative estimate of drug-likeness (QED) is 0.112. The Bertz CT molecular complexity index is 1580. The van der Waals surface area contributed by atoms with Crippen molar-refractivity contribution in [2.24, 2.45) is 10.5 Å². The van der Waals surface area contributed by atoms with E-state index in [2.05, 4.69) is 20.3 Å². The fourth-order valence-corrected chi connectivity index (χ4v) is 4.99. The molecule has 3 aromatic rings. The largest absolute Gasteiger partial charge is 0.447 e. The van der Waals surface area contributed by atoms with E-state index in [4.69, 9.17) is 9.57 Å². The van der Waals surface area contributed by atoms with Crippen LogP contribution in [-0.2, 0) is 35.3 Å². The predicted molar refractivity (Wildman–Crippen MR) is 143 cm³/mol. The van der Waals surface area contributed by atoms with Crippen molar-refractivity contribution in [2.75, 3.05) is 19.9 Å². The molecule has 1 amide bonds. The first-order chi connectivity index (χ1) is 20.3. The minimum absolute atomic E-state index is 0.154. The molecule has 1 aromatic heterocycles. The first kappa shape index (κ1) is 31.3. The molecule has 2 aromatic carbocycles. The Labute approximate surface area is 244 Å². The molecule has 1 aliphatic rings. The average Bonchev–Trinajstić information content (AvgIpc) is 3.59. The molecule has 1 aliphatic heterocycles. The summed E-state index contributed by atoms with van der Waals surface area (Å²) in [7, 11) is -4.38. The van der Waals surface area contributed by atoms with Crippen molar-refractivity contribution >= 4 is 22.1 Å². The Hall–Kier alpha value is -4.67. The highest BCUT2D eigenvalue weighted by Gasteiger charge is 2.35. The maximum absolute atomic E-state index is 13.5. The lowest BCUT2D eigenvalue weighted by Gasteiger charge is -2.19. The van der Waals surface area contributed by atoms with Crippen LogP contribution in [0.2, 0.25) is 0 Å². The van der Waals surface area contributed by atoms with Gasteiger partial charge in [-0.1, -0.05) is 29.8 Å². The van der Waals surface area contributed by atoms with Gasteiger partial charge in [-0.25, -0.2) is 22.6 Å². The zero-order chi connectivity index (χ0) is 31.2. The second-order valence-corrected chi connectivity index (χ2v) is 11.1. The highest BCUT2D eigenvalue weighted by molar-refractivity contribution is 7.90. The number of alkyl halides is 3. The van der Waals surface area contributed by atoms with Gasteiger partial charge in [0.2, 0.25) is 0 Å². The molecule has 13 nitrogen and oxygen atoms in total. The van der Waals surface area contributed by atoms with Gasteiger partial charge in [0.15, 0.2) is 5.69 Å². The van der Waals surface area contributed by atoms with Crippen molar-refractivity contribution < 1.29 is 45.5 Å². The number of nitrogens with one attached hydrogen (secondary N) is 1. The standard InChI is InChI=1S/C26H27F3N6O7S/c1-17-5-7-19(8-6-17)23-14-24(26(27,28)29)30-35(23)20-9-11-22(12-10-20)43(38,39)31-25(37)40-15-21-4-3-13-34(21)32-33-42-16-41-18(2)36/h5-12,14,21H,3-4,13,15-16H2,1-2H3,(H,31,37)/b33-32-/t21-/m0/s1. The first-order valence-corrected chi connectivity index (χ1v) is 14.3. The van der Waals surface area contributed by atoms with Crippen LogP contribution in [0.15, 0.2) is 70.0 Å². The number of aromatic nitrogens is 2. The topological polar surface area (TPSA) is 154 Å². The van der Waals surface area contributed by atoms with Crippen LogP contribution in [0.5, 0.6) is 0 Å². The maximum Gasteiger partial charge on any atom is 0.435 e. The Morgan fingerprint density at radius 2 is 1.79 bits per heavy atom. The number of hydrogen-bond acceptors (Lipinski definition) is 10. The molecule has 0 bridgehead atoms. The second-order valence-electron chi connectivity index (χ2n) is 9.40. The van der Waals surface area contributed by atoms with Gasteiger partial charge in [-0.3, -0.25) is 9.80 Å². The summed E-state index contributed by atoms with van der Waals surface area (Å²) in [5.41, 5.74) is 0.605. The van der Waals surface area contributed by atoms with Crippen LogP contribution in [0.1, 0.15) is 31.0 Å². The van der Waals surface area contributed by atoms with E-state index >= 15 is 0 Å². The molecular formula is C26H27F3N6O7S. The number of benzene rings is 2. The minimum atomic E-state index is -4.70. The Balaban J connectivity index is 1.40. The van der Waals surface area contributed by atoms with Crippen LogP contribution in [0, 0.1) is 6.92 Å². The normalized spacial score (nSPS) is 15.5. The van der Waals surface area contributed by atoms with Crippen LogP contribution in [0.25, 0.3) is 16.9 Å². The molecule has 0 spiro atoms. The molecule has 17 heteroatoms. The minimum Gasteiger partial charge on any atom is -0.447 e. The molecule has 0 aliphatic carbocycles. The number of carbonyl (C=O) groups is 2. The molecule has 230 valence electrons. The van der Waals surface area contributed by atoms with E-state index in [1.807, 2.05) is 6.92 Å². The maximum atomic E-state index is 13.5. The summed E-state index contributed by atoms with van der Waals surface area (Å²) < 4.78 is 78.5. The van der Waals surface area contributed by atoms with Crippen molar-refractivity contribution in [3.63, 3.8) is 0 Å². The first-order valence-electron chi connectivity index (χ1n) is 12.8. The van der Waals surface area contributed by atoms with Gasteiger partial charge in [-0.2, -0.15) is 18.3 Å². The zero-order valence-electron chi connectivity index (χ0n) is 22.9. The molecule has 2 heterocycles. The van der Waals surface area contributed by atoms with Crippen LogP contribution in [-0.4, -0.2) is 61.3 Å². The molecule has 0 radical (unpaired) electrons. The van der Waals surface area contributed by atoms with Crippen LogP contribution < -0.4 is 4.72 Å². The lowest BCUT2D eigenvalue weighted by molar-refractivity contribution is -0.154. The summed E-state index contributed by atoms with van der Waals surface area (Å²) >= 11 is 0. The SMILES string of the molecule is CC(=O)OCO/N=N\N1CCC[C@H]1COC(=O)NS(=O)(=O)c1ccc(-n2nc(C(F)(F)F)cc2-c2ccc(C)cc2)cc1. The number of hydrogen-bond donors (Lipinski definition) is 1. The monoisotopic (exact) mass is 624 g/mol. The van der Waals surface area contributed by atoms with Crippen molar-refractivity contribution in [3.05, 3.63) is 65.9 Å². The summed E-state index contributed by atoms with van der Waals surface area (Å²) in [5, 5.41) is 12.4. The van der Waals surface area contributed by atoms with E-state index in [1.165, 1.54) is 24.1 Å². The number of halogens is 3. The molecule has 43 heavy (non-hydrogen) atoms. The number of sulfonamides is 1. The van der Waals surface area contributed by atoms with Crippen molar-refractivity contribution in [2.45, 2.75) is 43.8 Å². The third-order valence-electron chi connectivity index (χ3n) is 6.23.